The molecule has 1 rings (SSSR count). The van der Waals surface area contributed by atoms with Crippen LogP contribution in [-0.2, 0) is 10.2 Å². The molecule has 3 nitrogen and oxygen atoms in total. The summed E-state index contributed by atoms with van der Waals surface area (Å²) in [7, 11) is -5.16. The molecule has 0 saturated carbocycles. The molecule has 0 radical (unpaired) electrons. The lowest BCUT2D eigenvalue weighted by Gasteiger charge is -2.15. The number of rotatable bonds is 3. The van der Waals surface area contributed by atoms with Gasteiger partial charge in [-0.05, 0) is 28.1 Å². The van der Waals surface area contributed by atoms with E-state index >= 15 is 0 Å². The highest BCUT2D eigenvalue weighted by Crippen LogP contribution is 2.35. The van der Waals surface area contributed by atoms with E-state index in [4.69, 9.17) is 0 Å². The molecule has 0 N–H and O–H groups in total. The fourth-order valence-electron chi connectivity index (χ4n) is 0.948. The fraction of sp³-hybridized carbons (Fsp3) is 0.250. The van der Waals surface area contributed by atoms with Crippen LogP contribution < -0.4 is 4.74 Å². The van der Waals surface area contributed by atoms with Crippen LogP contribution in [0.5, 0.6) is 5.75 Å². The zero-order chi connectivity index (χ0) is 14.1. The number of benzene rings is 1. The van der Waals surface area contributed by atoms with Crippen LogP contribution in [0.25, 0.3) is 0 Å². The van der Waals surface area contributed by atoms with Crippen LogP contribution in [-0.4, -0.2) is 21.0 Å². The highest BCUT2D eigenvalue weighted by molar-refractivity contribution is 9.10. The maximum absolute atomic E-state index is 12.7. The lowest BCUT2D eigenvalue weighted by atomic mass is 10.3. The summed E-state index contributed by atoms with van der Waals surface area (Å²) in [6.07, 6.45) is -8.92. The molecule has 1 aromatic carbocycles. The molecule has 0 spiro atoms. The van der Waals surface area contributed by atoms with Crippen LogP contribution in [0.1, 0.15) is 0 Å². The van der Waals surface area contributed by atoms with Crippen molar-refractivity contribution in [1.82, 2.24) is 0 Å². The largest absolute Gasteiger partial charge is 0.457 e. The highest BCUT2D eigenvalue weighted by Gasteiger charge is 2.43. The number of halogens is 6. The lowest BCUT2D eigenvalue weighted by Crippen LogP contribution is -2.30. The van der Waals surface area contributed by atoms with Gasteiger partial charge in [-0.15, -0.1) is 3.89 Å². The average molecular weight is 355 g/mol. The molecule has 0 heterocycles. The van der Waals surface area contributed by atoms with Crippen LogP contribution in [0.15, 0.2) is 27.6 Å². The topological polar surface area (TPSA) is 43.4 Å². The summed E-state index contributed by atoms with van der Waals surface area (Å²) in [5.74, 6) is -0.779. The van der Waals surface area contributed by atoms with Gasteiger partial charge < -0.3 is 4.74 Å². The Balaban J connectivity index is 3.14. The van der Waals surface area contributed by atoms with E-state index < -0.39 is 37.9 Å². The standard InChI is InChI=1S/C8H4BrF5O3S/c9-6-4(17-7(10)8(11,12)13)2-1-3-5(6)18(14,15)16/h1-3,7H. The van der Waals surface area contributed by atoms with Crippen molar-refractivity contribution in [2.24, 2.45) is 0 Å². The summed E-state index contributed by atoms with van der Waals surface area (Å²) in [5.41, 5.74) is 0. The van der Waals surface area contributed by atoms with Crippen molar-refractivity contribution in [3.8, 4) is 5.75 Å². The molecule has 1 aromatic rings. The molecule has 0 saturated heterocycles. The zero-order valence-electron chi connectivity index (χ0n) is 8.21. The third-order valence-electron chi connectivity index (χ3n) is 1.68. The molecule has 0 aliphatic rings. The molecule has 0 aliphatic carbocycles. The second-order valence-electron chi connectivity index (χ2n) is 2.98. The molecule has 0 aromatic heterocycles. The van der Waals surface area contributed by atoms with Gasteiger partial charge in [-0.3, -0.25) is 0 Å². The van der Waals surface area contributed by atoms with Crippen molar-refractivity contribution in [1.29, 1.82) is 0 Å². The molecule has 0 aliphatic heterocycles. The predicted octanol–water partition coefficient (Wildman–Crippen LogP) is 3.34. The smallest absolute Gasteiger partial charge is 0.451 e. The molecule has 10 heteroatoms. The van der Waals surface area contributed by atoms with Gasteiger partial charge in [0.2, 0.25) is 0 Å². The van der Waals surface area contributed by atoms with Gasteiger partial charge in [-0.25, -0.2) is 0 Å². The van der Waals surface area contributed by atoms with Gasteiger partial charge in [0.15, 0.2) is 0 Å². The molecule has 1 unspecified atom stereocenters. The Morgan fingerprint density at radius 3 is 2.28 bits per heavy atom. The van der Waals surface area contributed by atoms with E-state index in [2.05, 4.69) is 20.7 Å². The first kappa shape index (κ1) is 15.2. The molecule has 0 fully saturated rings. The van der Waals surface area contributed by atoms with E-state index in [0.29, 0.717) is 0 Å². The Morgan fingerprint density at radius 1 is 1.28 bits per heavy atom. The Morgan fingerprint density at radius 2 is 1.83 bits per heavy atom. The quantitative estimate of drug-likeness (QED) is 0.617. The van der Waals surface area contributed by atoms with E-state index in [0.717, 1.165) is 18.2 Å². The first-order valence-electron chi connectivity index (χ1n) is 4.14. The Labute approximate surface area is 107 Å². The molecule has 18 heavy (non-hydrogen) atoms. The summed E-state index contributed by atoms with van der Waals surface area (Å²) < 4.78 is 85.5. The van der Waals surface area contributed by atoms with E-state index in [1.54, 1.807) is 0 Å². The van der Waals surface area contributed by atoms with Crippen LogP contribution in [0, 0.1) is 0 Å². The van der Waals surface area contributed by atoms with E-state index in [1.165, 1.54) is 0 Å². The van der Waals surface area contributed by atoms with E-state index in [9.17, 15) is 29.9 Å². The first-order valence-corrected chi connectivity index (χ1v) is 6.31. The Bertz CT molecular complexity index is 542. The summed E-state index contributed by atoms with van der Waals surface area (Å²) in [4.78, 5) is -0.950. The second kappa shape index (κ2) is 5.00. The highest BCUT2D eigenvalue weighted by atomic mass is 79.9. The van der Waals surface area contributed by atoms with E-state index in [-0.39, 0.29) is 0 Å². The summed E-state index contributed by atoms with van der Waals surface area (Å²) in [6, 6.07) is 2.56. The molecule has 0 bridgehead atoms. The molecule has 102 valence electrons. The molecule has 0 amide bonds. The minimum atomic E-state index is -5.27. The first-order chi connectivity index (χ1) is 8.03. The Kier molecular flexibility index (Phi) is 4.21. The lowest BCUT2D eigenvalue weighted by molar-refractivity contribution is -0.236. The minimum absolute atomic E-state index is 0.626. The van der Waals surface area contributed by atoms with Gasteiger partial charge in [-0.1, -0.05) is 6.07 Å². The minimum Gasteiger partial charge on any atom is -0.451 e. The summed E-state index contributed by atoms with van der Waals surface area (Å²) >= 11 is 2.53. The second-order valence-corrected chi connectivity index (χ2v) is 5.09. The van der Waals surface area contributed by atoms with Gasteiger partial charge >= 0.3 is 22.8 Å². The summed E-state index contributed by atoms with van der Waals surface area (Å²) in [6.45, 7) is 0. The normalized spacial score (nSPS) is 14.3. The van der Waals surface area contributed by atoms with E-state index in [1.807, 2.05) is 0 Å². The third-order valence-corrected chi connectivity index (χ3v) is 3.62. The maximum Gasteiger partial charge on any atom is 0.457 e. The van der Waals surface area contributed by atoms with Gasteiger partial charge in [0.1, 0.15) is 10.6 Å². The number of hydrogen-bond donors (Lipinski definition) is 0. The number of alkyl halides is 4. The Hall–Kier alpha value is -0.900. The molecular weight excluding hydrogens is 351 g/mol. The number of ether oxygens (including phenoxy) is 1. The van der Waals surface area contributed by atoms with Crippen molar-refractivity contribution in [2.45, 2.75) is 17.4 Å². The van der Waals surface area contributed by atoms with Crippen molar-refractivity contribution in [3.05, 3.63) is 22.7 Å². The van der Waals surface area contributed by atoms with Crippen molar-refractivity contribution >= 4 is 26.2 Å². The van der Waals surface area contributed by atoms with Gasteiger partial charge in [-0.2, -0.15) is 26.0 Å². The summed E-state index contributed by atoms with van der Waals surface area (Å²) in [5, 5.41) is 0. The number of hydrogen-bond acceptors (Lipinski definition) is 3. The van der Waals surface area contributed by atoms with Gasteiger partial charge in [0, 0.05) is 0 Å². The van der Waals surface area contributed by atoms with Crippen LogP contribution in [0.2, 0.25) is 0 Å². The fourth-order valence-corrected chi connectivity index (χ4v) is 2.44. The van der Waals surface area contributed by atoms with Crippen molar-refractivity contribution in [2.75, 3.05) is 0 Å². The molecular formula is C8H4BrF5O3S. The van der Waals surface area contributed by atoms with Crippen LogP contribution in [0.3, 0.4) is 0 Å². The molecule has 1 atom stereocenters. The SMILES string of the molecule is O=S(=O)(F)c1cccc(OC(F)C(F)(F)F)c1Br. The predicted molar refractivity (Wildman–Crippen MR) is 54.0 cm³/mol. The monoisotopic (exact) mass is 354 g/mol. The average Bonchev–Trinajstić information content (AvgIpc) is 2.17. The van der Waals surface area contributed by atoms with Crippen LogP contribution >= 0.6 is 15.9 Å². The maximum atomic E-state index is 12.7. The van der Waals surface area contributed by atoms with Gasteiger partial charge in [0.05, 0.1) is 4.47 Å². The van der Waals surface area contributed by atoms with Crippen molar-refractivity contribution < 1.29 is 34.6 Å². The van der Waals surface area contributed by atoms with Crippen LogP contribution in [0.4, 0.5) is 21.4 Å². The van der Waals surface area contributed by atoms with Gasteiger partial charge in [0.25, 0.3) is 0 Å². The zero-order valence-corrected chi connectivity index (χ0v) is 10.6. The third kappa shape index (κ3) is 3.55. The van der Waals surface area contributed by atoms with Crippen molar-refractivity contribution in [3.63, 3.8) is 0 Å².